The lowest BCUT2D eigenvalue weighted by atomic mass is 9.64. The minimum Gasteiger partial charge on any atom is -0.396 e. The average Bonchev–Trinajstić information content (AvgIpc) is 2.68. The first-order valence-electron chi connectivity index (χ1n) is 9.43. The monoisotopic (exact) mass is 358 g/mol. The molecule has 6 heteroatoms. The number of ether oxygens (including phenoxy) is 2. The molecule has 0 aromatic carbocycles. The quantitative estimate of drug-likeness (QED) is 0.602. The van der Waals surface area contributed by atoms with E-state index in [0.717, 1.165) is 25.3 Å². The van der Waals surface area contributed by atoms with E-state index in [0.29, 0.717) is 18.3 Å². The summed E-state index contributed by atoms with van der Waals surface area (Å²) in [6, 6.07) is 1.15. The van der Waals surface area contributed by atoms with Gasteiger partial charge in [0.1, 0.15) is 0 Å². The molecule has 1 aliphatic carbocycles. The zero-order chi connectivity index (χ0) is 17.6. The minimum atomic E-state index is -1.27. The van der Waals surface area contributed by atoms with Gasteiger partial charge in [-0.1, -0.05) is 26.1 Å². The molecule has 2 unspecified atom stereocenters. The molecule has 4 aliphatic rings. The van der Waals surface area contributed by atoms with Crippen LogP contribution in [0.1, 0.15) is 39.0 Å². The molecule has 140 valence electrons. The Morgan fingerprint density at radius 3 is 2.54 bits per heavy atom. The minimum absolute atomic E-state index is 0.161. The van der Waals surface area contributed by atoms with Crippen molar-refractivity contribution in [3.05, 3.63) is 0 Å². The highest BCUT2D eigenvalue weighted by Gasteiger charge is 2.66. The molecule has 2 bridgehead atoms. The van der Waals surface area contributed by atoms with E-state index >= 15 is 0 Å². The number of aliphatic hydroxyl groups is 1. The highest BCUT2D eigenvalue weighted by Crippen LogP contribution is 2.57. The Balaban J connectivity index is 1.97. The number of rotatable bonds is 5. The molecular formula is C18H34O5Si. The smallest absolute Gasteiger partial charge is 0.204 e. The van der Waals surface area contributed by atoms with Gasteiger partial charge in [0.15, 0.2) is 11.9 Å². The Kier molecular flexibility index (Phi) is 5.19. The van der Waals surface area contributed by atoms with Crippen molar-refractivity contribution in [2.45, 2.75) is 82.4 Å². The maximum Gasteiger partial charge on any atom is 0.204 e. The Bertz CT molecular complexity index is 451. The van der Waals surface area contributed by atoms with E-state index in [1.165, 1.54) is 6.42 Å². The van der Waals surface area contributed by atoms with E-state index in [9.17, 15) is 5.11 Å². The van der Waals surface area contributed by atoms with E-state index in [2.05, 4.69) is 19.6 Å². The van der Waals surface area contributed by atoms with Crippen molar-refractivity contribution in [3.8, 4) is 0 Å². The van der Waals surface area contributed by atoms with Crippen LogP contribution >= 0.6 is 0 Å². The summed E-state index contributed by atoms with van der Waals surface area (Å²) in [5.74, 6) is 0.150. The topological polar surface area (TPSA) is 57.2 Å². The predicted molar refractivity (Wildman–Crippen MR) is 94.0 cm³/mol. The lowest BCUT2D eigenvalue weighted by molar-refractivity contribution is -0.560. The lowest BCUT2D eigenvalue weighted by Crippen LogP contribution is -2.64. The third-order valence-electron chi connectivity index (χ3n) is 6.30. The Morgan fingerprint density at radius 2 is 1.92 bits per heavy atom. The molecule has 3 saturated heterocycles. The van der Waals surface area contributed by atoms with Crippen LogP contribution in [0.2, 0.25) is 25.7 Å². The van der Waals surface area contributed by atoms with Gasteiger partial charge in [-0.2, -0.15) is 0 Å². The number of methoxy groups -OCH3 is 1. The molecule has 4 fully saturated rings. The van der Waals surface area contributed by atoms with Crippen molar-refractivity contribution in [2.75, 3.05) is 13.7 Å². The molecule has 5 nitrogen and oxygen atoms in total. The second kappa shape index (κ2) is 6.63. The van der Waals surface area contributed by atoms with Crippen LogP contribution in [0.25, 0.3) is 0 Å². The fourth-order valence-electron chi connectivity index (χ4n) is 5.22. The van der Waals surface area contributed by atoms with Gasteiger partial charge in [0.2, 0.25) is 5.79 Å². The van der Waals surface area contributed by atoms with Crippen LogP contribution in [0.4, 0.5) is 0 Å². The van der Waals surface area contributed by atoms with E-state index in [1.807, 2.05) is 6.92 Å². The van der Waals surface area contributed by atoms with Crippen molar-refractivity contribution in [1.29, 1.82) is 0 Å². The molecule has 1 saturated carbocycles. The van der Waals surface area contributed by atoms with Gasteiger partial charge in [-0.3, -0.25) is 0 Å². The van der Waals surface area contributed by atoms with E-state index in [1.54, 1.807) is 7.11 Å². The normalized spacial score (nSPS) is 45.8. The highest BCUT2D eigenvalue weighted by molar-refractivity contribution is 6.76. The van der Waals surface area contributed by atoms with Crippen molar-refractivity contribution >= 4 is 8.07 Å². The molecule has 6 atom stereocenters. The first-order valence-corrected chi connectivity index (χ1v) is 13.1. The van der Waals surface area contributed by atoms with Gasteiger partial charge in [-0.15, -0.1) is 0 Å². The van der Waals surface area contributed by atoms with Gasteiger partial charge in [0.25, 0.3) is 0 Å². The van der Waals surface area contributed by atoms with Crippen LogP contribution in [0.3, 0.4) is 0 Å². The highest BCUT2D eigenvalue weighted by atomic mass is 28.3. The predicted octanol–water partition coefficient (Wildman–Crippen LogP) is 3.55. The van der Waals surface area contributed by atoms with E-state index in [-0.39, 0.29) is 12.5 Å². The van der Waals surface area contributed by atoms with Gasteiger partial charge < -0.3 is 14.6 Å². The molecule has 24 heavy (non-hydrogen) atoms. The molecular weight excluding hydrogens is 324 g/mol. The number of hydrogen-bond acceptors (Lipinski definition) is 5. The molecule has 3 aliphatic heterocycles. The fourth-order valence-corrected chi connectivity index (χ4v) is 7.24. The maximum atomic E-state index is 9.54. The van der Waals surface area contributed by atoms with E-state index in [4.69, 9.17) is 19.2 Å². The SMILES string of the molecule is COC1O[C@]2(C)OO[C@]13[C@H](CCO)CCC[C@@H]3CC2C[Si](C)(C)C. The van der Waals surface area contributed by atoms with Crippen LogP contribution in [-0.4, -0.2) is 44.6 Å². The summed E-state index contributed by atoms with van der Waals surface area (Å²) in [7, 11) is 0.423. The molecule has 0 radical (unpaired) electrons. The standard InChI is InChI=1S/C18H34O5Si/c1-17-15(12-24(3,4)5)11-14-8-6-7-13(9-10-19)18(14,23-22-17)16(20-2)21-17/h13-16,19H,6-12H2,1-5H3/t13-,14+,15?,16?,17+,18-/m0/s1. The third-order valence-corrected chi connectivity index (χ3v) is 8.02. The molecule has 0 aromatic rings. The van der Waals surface area contributed by atoms with E-state index < -0.39 is 25.8 Å². The number of aliphatic hydroxyl groups excluding tert-OH is 1. The van der Waals surface area contributed by atoms with Gasteiger partial charge in [0, 0.05) is 27.7 Å². The first-order chi connectivity index (χ1) is 11.2. The Hall–Kier alpha value is 0.0169. The zero-order valence-electron chi connectivity index (χ0n) is 15.8. The number of fused-ring (bicyclic) bond motifs is 3. The van der Waals surface area contributed by atoms with Gasteiger partial charge in [-0.25, -0.2) is 9.78 Å². The second-order valence-electron chi connectivity index (χ2n) is 9.26. The summed E-state index contributed by atoms with van der Waals surface area (Å²) in [5.41, 5.74) is -0.580. The molecule has 3 heterocycles. The summed E-state index contributed by atoms with van der Waals surface area (Å²) in [6.45, 7) is 9.36. The van der Waals surface area contributed by atoms with Crippen LogP contribution in [0, 0.1) is 17.8 Å². The van der Waals surface area contributed by atoms with Crippen LogP contribution in [0.5, 0.6) is 0 Å². The molecule has 1 N–H and O–H groups in total. The van der Waals surface area contributed by atoms with Crippen LogP contribution in [0.15, 0.2) is 0 Å². The van der Waals surface area contributed by atoms with Crippen molar-refractivity contribution < 1.29 is 24.4 Å². The first kappa shape index (κ1) is 18.8. The van der Waals surface area contributed by atoms with Gasteiger partial charge >= 0.3 is 0 Å². The molecule has 0 aromatic heterocycles. The summed E-state index contributed by atoms with van der Waals surface area (Å²) < 4.78 is 12.2. The average molecular weight is 359 g/mol. The van der Waals surface area contributed by atoms with Gasteiger partial charge in [0.05, 0.1) is 0 Å². The zero-order valence-corrected chi connectivity index (χ0v) is 16.8. The fraction of sp³-hybridized carbons (Fsp3) is 1.00. The molecule has 0 amide bonds. The molecule has 4 rings (SSSR count). The summed E-state index contributed by atoms with van der Waals surface area (Å²) in [6.07, 6.45) is 4.66. The molecule has 1 spiro atoms. The maximum absolute atomic E-state index is 9.54. The van der Waals surface area contributed by atoms with Crippen molar-refractivity contribution in [2.24, 2.45) is 17.8 Å². The third kappa shape index (κ3) is 3.10. The lowest BCUT2D eigenvalue weighted by Gasteiger charge is -2.53. The van der Waals surface area contributed by atoms with Crippen molar-refractivity contribution in [1.82, 2.24) is 0 Å². The van der Waals surface area contributed by atoms with Crippen molar-refractivity contribution in [3.63, 3.8) is 0 Å². The van der Waals surface area contributed by atoms with Gasteiger partial charge in [-0.05, 0) is 50.5 Å². The largest absolute Gasteiger partial charge is 0.396 e. The Labute approximate surface area is 146 Å². The summed E-state index contributed by atoms with van der Waals surface area (Å²) in [4.78, 5) is 12.1. The number of hydrogen-bond donors (Lipinski definition) is 1. The second-order valence-corrected chi connectivity index (χ2v) is 14.8. The summed E-state index contributed by atoms with van der Waals surface area (Å²) in [5, 5.41) is 9.54. The Morgan fingerprint density at radius 1 is 1.17 bits per heavy atom. The van der Waals surface area contributed by atoms with Crippen LogP contribution in [-0.2, 0) is 19.2 Å². The van der Waals surface area contributed by atoms with Crippen LogP contribution < -0.4 is 0 Å². The summed E-state index contributed by atoms with van der Waals surface area (Å²) >= 11 is 0.